The van der Waals surface area contributed by atoms with Gasteiger partial charge in [0.15, 0.2) is 0 Å². The van der Waals surface area contributed by atoms with E-state index in [9.17, 15) is 24.3 Å². The number of amides is 4. The van der Waals surface area contributed by atoms with Crippen LogP contribution in [0.2, 0.25) is 0 Å². The molecule has 5 N–H and O–H groups in total. The summed E-state index contributed by atoms with van der Waals surface area (Å²) in [5, 5.41) is 15.7. The van der Waals surface area contributed by atoms with Gasteiger partial charge in [-0.15, -0.1) is 0 Å². The zero-order chi connectivity index (χ0) is 28.9. The molecule has 1 rings (SSSR count). The predicted molar refractivity (Wildman–Crippen MR) is 146 cm³/mol. The van der Waals surface area contributed by atoms with Crippen molar-refractivity contribution >= 4 is 23.8 Å². The lowest BCUT2D eigenvalue weighted by Crippen LogP contribution is -2.54. The van der Waals surface area contributed by atoms with Gasteiger partial charge in [-0.05, 0) is 64.7 Å². The number of unbranched alkanes of at least 4 members (excludes halogenated alkanes) is 2. The fraction of sp³-hybridized carbons (Fsp3) is 0.643. The average molecular weight is 535 g/mol. The van der Waals surface area contributed by atoms with Gasteiger partial charge in [-0.25, -0.2) is 4.79 Å². The Morgan fingerprint density at radius 2 is 1.74 bits per heavy atom. The van der Waals surface area contributed by atoms with Crippen LogP contribution in [0.4, 0.5) is 4.79 Å². The molecule has 3 atom stereocenters. The maximum Gasteiger partial charge on any atom is 0.408 e. The number of carbonyl (C=O) groups is 4. The summed E-state index contributed by atoms with van der Waals surface area (Å²) < 4.78 is 5.34. The van der Waals surface area contributed by atoms with Crippen molar-refractivity contribution in [2.45, 2.75) is 110 Å². The second kappa shape index (κ2) is 15.8. The zero-order valence-electron chi connectivity index (χ0n) is 23.7. The average Bonchev–Trinajstić information content (AvgIpc) is 2.79. The van der Waals surface area contributed by atoms with E-state index < -0.39 is 41.5 Å². The molecule has 3 unspecified atom stereocenters. The summed E-state index contributed by atoms with van der Waals surface area (Å²) in [5.74, 6) is -1.60. The number of hydrogen-bond donors (Lipinski definition) is 4. The number of aromatic hydroxyl groups is 1. The van der Waals surface area contributed by atoms with E-state index in [2.05, 4.69) is 10.6 Å². The Bertz CT molecular complexity index is 930. The van der Waals surface area contributed by atoms with Crippen molar-refractivity contribution in [3.05, 3.63) is 29.8 Å². The van der Waals surface area contributed by atoms with Gasteiger partial charge in [0.05, 0.1) is 0 Å². The Labute approximate surface area is 226 Å². The summed E-state index contributed by atoms with van der Waals surface area (Å²) in [7, 11) is 0. The van der Waals surface area contributed by atoms with Crippen LogP contribution in [0.3, 0.4) is 0 Å². The van der Waals surface area contributed by atoms with Crippen LogP contribution in [0, 0.1) is 0 Å². The first kappa shape index (κ1) is 32.7. The number of phenolic OH excluding ortho intramolecular Hbond substituents is 1. The van der Waals surface area contributed by atoms with Crippen molar-refractivity contribution in [1.82, 2.24) is 15.5 Å². The van der Waals surface area contributed by atoms with Gasteiger partial charge in [0.25, 0.3) is 0 Å². The first-order valence-electron chi connectivity index (χ1n) is 13.5. The maximum atomic E-state index is 14.0. The summed E-state index contributed by atoms with van der Waals surface area (Å²) in [6.45, 7) is 11.3. The third-order valence-corrected chi connectivity index (χ3v) is 5.81. The smallest absolute Gasteiger partial charge is 0.408 e. The monoisotopic (exact) mass is 534 g/mol. The van der Waals surface area contributed by atoms with Gasteiger partial charge in [0.1, 0.15) is 23.4 Å². The van der Waals surface area contributed by atoms with Gasteiger partial charge >= 0.3 is 6.09 Å². The predicted octanol–water partition coefficient (Wildman–Crippen LogP) is 3.92. The number of nitrogens with one attached hydrogen (secondary N) is 2. The molecule has 214 valence electrons. The molecule has 38 heavy (non-hydrogen) atoms. The number of ether oxygens (including phenoxy) is 1. The Morgan fingerprint density at radius 1 is 1.05 bits per heavy atom. The highest BCUT2D eigenvalue weighted by molar-refractivity contribution is 5.92. The molecule has 10 nitrogen and oxygen atoms in total. The van der Waals surface area contributed by atoms with E-state index in [0.29, 0.717) is 12.0 Å². The molecule has 0 aliphatic heterocycles. The number of phenols is 1. The molecule has 0 spiro atoms. The van der Waals surface area contributed by atoms with Gasteiger partial charge < -0.3 is 31.1 Å². The van der Waals surface area contributed by atoms with E-state index in [4.69, 9.17) is 10.5 Å². The largest absolute Gasteiger partial charge is 0.508 e. The van der Waals surface area contributed by atoms with Crippen LogP contribution in [0.25, 0.3) is 0 Å². The number of nitrogens with two attached hydrogens (primary N) is 1. The lowest BCUT2D eigenvalue weighted by atomic mass is 10.00. The third-order valence-electron chi connectivity index (χ3n) is 5.81. The maximum absolute atomic E-state index is 14.0. The van der Waals surface area contributed by atoms with Crippen LogP contribution >= 0.6 is 0 Å². The third kappa shape index (κ3) is 11.8. The number of nitrogens with zero attached hydrogens (tertiary/aromatic N) is 1. The normalized spacial score (nSPS) is 13.6. The number of benzene rings is 1. The number of carbonyl (C=O) groups excluding carboxylic acids is 4. The molecule has 0 bridgehead atoms. The lowest BCUT2D eigenvalue weighted by Gasteiger charge is -2.35. The Balaban J connectivity index is 3.50. The van der Waals surface area contributed by atoms with Crippen molar-refractivity contribution in [1.29, 1.82) is 0 Å². The van der Waals surface area contributed by atoms with Crippen molar-refractivity contribution in [2.75, 3.05) is 6.54 Å². The highest BCUT2D eigenvalue weighted by Gasteiger charge is 2.36. The fourth-order valence-corrected chi connectivity index (χ4v) is 4.09. The molecule has 0 radical (unpaired) electrons. The van der Waals surface area contributed by atoms with Crippen LogP contribution < -0.4 is 16.4 Å². The summed E-state index contributed by atoms with van der Waals surface area (Å²) in [6, 6.07) is 3.87. The Kier molecular flexibility index (Phi) is 13.6. The van der Waals surface area contributed by atoms with Crippen LogP contribution in [-0.2, 0) is 19.1 Å². The summed E-state index contributed by atoms with van der Waals surface area (Å²) in [5.41, 5.74) is 4.98. The molecule has 10 heteroatoms. The standard InChI is InChI=1S/C28H46N4O6/c1-7-9-10-17-32(26(36)22(15-16-23(29)34)31-27(37)38-28(4,5)6)24(20-13-11-14-21(33)18-20)25(35)30-19(3)12-8-2/h11,13-14,18-19,22,24,33H,7-10,12,15-17H2,1-6H3,(H2,29,34)(H,30,35)(H,31,37). The molecule has 0 fully saturated rings. The minimum atomic E-state index is -1.15. The van der Waals surface area contributed by atoms with E-state index in [-0.39, 0.29) is 31.2 Å². The van der Waals surface area contributed by atoms with Crippen LogP contribution in [0.1, 0.15) is 98.1 Å². The highest BCUT2D eigenvalue weighted by Crippen LogP contribution is 2.27. The van der Waals surface area contributed by atoms with E-state index in [0.717, 1.165) is 25.7 Å². The van der Waals surface area contributed by atoms with E-state index in [1.165, 1.54) is 17.0 Å². The molecule has 0 saturated heterocycles. The van der Waals surface area contributed by atoms with Crippen LogP contribution in [0.15, 0.2) is 24.3 Å². The number of primary amides is 1. The van der Waals surface area contributed by atoms with Crippen LogP contribution in [0.5, 0.6) is 5.75 Å². The molecule has 0 heterocycles. The Hall–Kier alpha value is -3.30. The molecule has 0 aliphatic carbocycles. The Morgan fingerprint density at radius 3 is 2.29 bits per heavy atom. The lowest BCUT2D eigenvalue weighted by molar-refractivity contribution is -0.143. The molecule has 0 saturated carbocycles. The quantitative estimate of drug-likeness (QED) is 0.250. The van der Waals surface area contributed by atoms with Crippen molar-refractivity contribution < 1.29 is 29.0 Å². The minimum absolute atomic E-state index is 0.0416. The topological polar surface area (TPSA) is 151 Å². The van der Waals surface area contributed by atoms with Crippen LogP contribution in [-0.4, -0.2) is 58.1 Å². The molecule has 0 aromatic heterocycles. The number of rotatable bonds is 15. The van der Waals surface area contributed by atoms with Gasteiger partial charge in [0.2, 0.25) is 17.7 Å². The second-order valence-electron chi connectivity index (χ2n) is 10.6. The number of hydrogen-bond acceptors (Lipinski definition) is 6. The van der Waals surface area contributed by atoms with Crippen molar-refractivity contribution in [3.8, 4) is 5.75 Å². The molecule has 1 aromatic carbocycles. The van der Waals surface area contributed by atoms with Gasteiger partial charge in [0, 0.05) is 19.0 Å². The van der Waals surface area contributed by atoms with Gasteiger partial charge in [-0.1, -0.05) is 45.2 Å². The van der Waals surface area contributed by atoms with Gasteiger partial charge in [-0.3, -0.25) is 14.4 Å². The molecule has 1 aromatic rings. The van der Waals surface area contributed by atoms with E-state index in [1.807, 2.05) is 20.8 Å². The SMILES string of the molecule is CCCCCN(C(=O)C(CCC(N)=O)NC(=O)OC(C)(C)C)C(C(=O)NC(C)CCC)c1cccc(O)c1. The minimum Gasteiger partial charge on any atom is -0.508 e. The zero-order valence-corrected chi connectivity index (χ0v) is 23.7. The molecule has 0 aliphatic rings. The van der Waals surface area contributed by atoms with Crippen molar-refractivity contribution in [2.24, 2.45) is 5.73 Å². The summed E-state index contributed by atoms with van der Waals surface area (Å²) in [6.07, 6.45) is 2.92. The molecular weight excluding hydrogens is 488 g/mol. The first-order valence-corrected chi connectivity index (χ1v) is 13.5. The number of alkyl carbamates (subject to hydrolysis) is 1. The highest BCUT2D eigenvalue weighted by atomic mass is 16.6. The van der Waals surface area contributed by atoms with E-state index >= 15 is 0 Å². The van der Waals surface area contributed by atoms with Crippen molar-refractivity contribution in [3.63, 3.8) is 0 Å². The van der Waals surface area contributed by atoms with E-state index in [1.54, 1.807) is 32.9 Å². The summed E-state index contributed by atoms with van der Waals surface area (Å²) in [4.78, 5) is 53.3. The first-order chi connectivity index (χ1) is 17.8. The second-order valence-corrected chi connectivity index (χ2v) is 10.6. The molecule has 4 amide bonds. The summed E-state index contributed by atoms with van der Waals surface area (Å²) >= 11 is 0. The molecular formula is C28H46N4O6. The van der Waals surface area contributed by atoms with Gasteiger partial charge in [-0.2, -0.15) is 0 Å². The fourth-order valence-electron chi connectivity index (χ4n) is 4.09.